The second-order valence-corrected chi connectivity index (χ2v) is 8.04. The van der Waals surface area contributed by atoms with Crippen LogP contribution in [0.15, 0.2) is 65.3 Å². The van der Waals surface area contributed by atoms with Gasteiger partial charge in [0, 0.05) is 30.5 Å². The molecule has 0 aliphatic carbocycles. The molecule has 0 saturated carbocycles. The van der Waals surface area contributed by atoms with Crippen molar-refractivity contribution in [1.82, 2.24) is 10.6 Å². The van der Waals surface area contributed by atoms with Crippen LogP contribution in [-0.2, 0) is 24.2 Å². The molecule has 33 heavy (non-hydrogen) atoms. The lowest BCUT2D eigenvalue weighted by atomic mass is 10.0. The van der Waals surface area contributed by atoms with Gasteiger partial charge < -0.3 is 24.5 Å². The molecular weight excluding hydrogens is 420 g/mol. The first kappa shape index (κ1) is 22.5. The third-order valence-electron chi connectivity index (χ3n) is 5.48. The highest BCUT2D eigenvalue weighted by Gasteiger charge is 2.25. The molecule has 2 atom stereocenters. The molecule has 2 aromatic carbocycles. The Morgan fingerprint density at radius 3 is 2.70 bits per heavy atom. The van der Waals surface area contributed by atoms with Gasteiger partial charge in [0.25, 0.3) is 5.91 Å². The molecule has 172 valence electrons. The van der Waals surface area contributed by atoms with Crippen LogP contribution in [0.25, 0.3) is 0 Å². The quantitative estimate of drug-likeness (QED) is 0.522. The molecule has 1 aliphatic heterocycles. The molecule has 0 spiro atoms. The molecule has 0 saturated heterocycles. The highest BCUT2D eigenvalue weighted by molar-refractivity contribution is 5.95. The maximum absolute atomic E-state index is 13.2. The number of furan rings is 1. The molecule has 2 amide bonds. The van der Waals surface area contributed by atoms with Crippen molar-refractivity contribution in [3.63, 3.8) is 0 Å². The van der Waals surface area contributed by atoms with Crippen molar-refractivity contribution >= 4 is 11.8 Å². The van der Waals surface area contributed by atoms with Crippen LogP contribution in [0.5, 0.6) is 11.5 Å². The van der Waals surface area contributed by atoms with Gasteiger partial charge in [0.15, 0.2) is 5.76 Å². The summed E-state index contributed by atoms with van der Waals surface area (Å²) in [5.74, 6) is 0.974. The topological polar surface area (TPSA) is 89.8 Å². The Morgan fingerprint density at radius 2 is 1.97 bits per heavy atom. The van der Waals surface area contributed by atoms with Gasteiger partial charge in [-0.1, -0.05) is 30.3 Å². The summed E-state index contributed by atoms with van der Waals surface area (Å²) in [6, 6.07) is 15.9. The summed E-state index contributed by atoms with van der Waals surface area (Å²) in [5, 5.41) is 5.74. The monoisotopic (exact) mass is 448 g/mol. The lowest BCUT2D eigenvalue weighted by Gasteiger charge is -2.19. The number of hydrogen-bond acceptors (Lipinski definition) is 5. The minimum absolute atomic E-state index is 0.117. The van der Waals surface area contributed by atoms with Crippen LogP contribution in [0.2, 0.25) is 0 Å². The normalized spacial score (nSPS) is 15.3. The van der Waals surface area contributed by atoms with Gasteiger partial charge >= 0.3 is 0 Å². The van der Waals surface area contributed by atoms with E-state index >= 15 is 0 Å². The van der Waals surface area contributed by atoms with Gasteiger partial charge in [-0.15, -0.1) is 0 Å². The average Bonchev–Trinajstić information content (AvgIpc) is 3.47. The summed E-state index contributed by atoms with van der Waals surface area (Å²) in [6.07, 6.45) is 2.72. The molecule has 0 bridgehead atoms. The maximum atomic E-state index is 13.2. The zero-order chi connectivity index (χ0) is 23.2. The van der Waals surface area contributed by atoms with Crippen molar-refractivity contribution in [2.24, 2.45) is 0 Å². The number of hydrogen-bond donors (Lipinski definition) is 2. The number of fused-ring (bicyclic) bond motifs is 1. The van der Waals surface area contributed by atoms with E-state index in [-0.39, 0.29) is 24.3 Å². The first-order valence-electron chi connectivity index (χ1n) is 11.1. The highest BCUT2D eigenvalue weighted by Crippen LogP contribution is 2.35. The molecule has 0 unspecified atom stereocenters. The van der Waals surface area contributed by atoms with Gasteiger partial charge in [-0.2, -0.15) is 0 Å². The Morgan fingerprint density at radius 1 is 1.15 bits per heavy atom. The Balaban J connectivity index is 1.49. The average molecular weight is 449 g/mol. The van der Waals surface area contributed by atoms with Gasteiger partial charge in [0.1, 0.15) is 23.6 Å². The van der Waals surface area contributed by atoms with E-state index < -0.39 is 11.9 Å². The largest absolute Gasteiger partial charge is 0.494 e. The molecule has 7 nitrogen and oxygen atoms in total. The van der Waals surface area contributed by atoms with E-state index in [2.05, 4.69) is 10.6 Å². The fourth-order valence-corrected chi connectivity index (χ4v) is 3.91. The zero-order valence-electron chi connectivity index (χ0n) is 18.8. The fraction of sp³-hybridized carbons (Fsp3) is 0.308. The number of nitrogens with one attached hydrogen (secondary N) is 2. The molecule has 0 fully saturated rings. The van der Waals surface area contributed by atoms with Gasteiger partial charge in [-0.05, 0) is 43.7 Å². The van der Waals surface area contributed by atoms with Crippen LogP contribution in [0.1, 0.15) is 41.1 Å². The SMILES string of the molecule is CCOc1cc2c(cc1CNC(=O)[C@@H](Cc1ccccc1)NC(=O)c1ccco1)O[C@H](C)C2. The van der Waals surface area contributed by atoms with Crippen LogP contribution in [-0.4, -0.2) is 30.6 Å². The molecular formula is C26H28N2O5. The second-order valence-electron chi connectivity index (χ2n) is 8.04. The van der Waals surface area contributed by atoms with E-state index in [0.29, 0.717) is 13.0 Å². The molecule has 2 N–H and O–H groups in total. The van der Waals surface area contributed by atoms with Crippen LogP contribution in [0.3, 0.4) is 0 Å². The number of amides is 2. The van der Waals surface area contributed by atoms with Crippen LogP contribution < -0.4 is 20.1 Å². The summed E-state index contributed by atoms with van der Waals surface area (Å²) >= 11 is 0. The Labute approximate surface area is 193 Å². The Kier molecular flexibility index (Phi) is 6.98. The van der Waals surface area contributed by atoms with Crippen LogP contribution >= 0.6 is 0 Å². The van der Waals surface area contributed by atoms with E-state index in [1.54, 1.807) is 12.1 Å². The third kappa shape index (κ3) is 5.55. The van der Waals surface area contributed by atoms with Gasteiger partial charge in [0.05, 0.1) is 12.9 Å². The first-order valence-corrected chi connectivity index (χ1v) is 11.1. The second kappa shape index (κ2) is 10.3. The van der Waals surface area contributed by atoms with Crippen molar-refractivity contribution < 1.29 is 23.5 Å². The van der Waals surface area contributed by atoms with Crippen molar-refractivity contribution in [2.75, 3.05) is 6.61 Å². The van der Waals surface area contributed by atoms with Crippen molar-refractivity contribution in [2.45, 2.75) is 45.4 Å². The molecule has 3 aromatic rings. The van der Waals surface area contributed by atoms with Gasteiger partial charge in [-0.3, -0.25) is 9.59 Å². The van der Waals surface area contributed by atoms with Crippen molar-refractivity contribution in [1.29, 1.82) is 0 Å². The molecule has 1 aliphatic rings. The number of carbonyl (C=O) groups excluding carboxylic acids is 2. The standard InChI is InChI=1S/C26H28N2O5/c1-3-31-23-14-19-12-17(2)33-24(19)15-20(23)16-27-25(29)21(13-18-8-5-4-6-9-18)28-26(30)22-10-7-11-32-22/h4-11,14-15,17,21H,3,12-13,16H2,1-2H3,(H,27,29)(H,28,30)/t17-,21-/m1/s1. The van der Waals surface area contributed by atoms with Gasteiger partial charge in [-0.25, -0.2) is 0 Å². The zero-order valence-corrected chi connectivity index (χ0v) is 18.8. The van der Waals surface area contributed by atoms with E-state index in [1.165, 1.54) is 6.26 Å². The van der Waals surface area contributed by atoms with Gasteiger partial charge in [0.2, 0.25) is 5.91 Å². The fourth-order valence-electron chi connectivity index (χ4n) is 3.91. The summed E-state index contributed by atoms with van der Waals surface area (Å²) in [6.45, 7) is 4.72. The molecule has 7 heteroatoms. The van der Waals surface area contributed by atoms with E-state index in [9.17, 15) is 9.59 Å². The summed E-state index contributed by atoms with van der Waals surface area (Å²) in [5.41, 5.74) is 2.87. The minimum Gasteiger partial charge on any atom is -0.494 e. The Hall–Kier alpha value is -3.74. The smallest absolute Gasteiger partial charge is 0.287 e. The summed E-state index contributed by atoms with van der Waals surface area (Å²) < 4.78 is 16.9. The van der Waals surface area contributed by atoms with E-state index in [0.717, 1.165) is 34.6 Å². The number of benzene rings is 2. The minimum atomic E-state index is -0.772. The summed E-state index contributed by atoms with van der Waals surface area (Å²) in [4.78, 5) is 25.7. The lowest BCUT2D eigenvalue weighted by molar-refractivity contribution is -0.123. The third-order valence-corrected chi connectivity index (χ3v) is 5.48. The Bertz CT molecular complexity index is 1100. The number of ether oxygens (including phenoxy) is 2. The molecule has 1 aromatic heterocycles. The molecule has 2 heterocycles. The maximum Gasteiger partial charge on any atom is 0.287 e. The predicted octanol–water partition coefficient (Wildman–Crippen LogP) is 3.66. The number of carbonyl (C=O) groups is 2. The van der Waals surface area contributed by atoms with Crippen molar-refractivity contribution in [3.05, 3.63) is 83.3 Å². The van der Waals surface area contributed by atoms with E-state index in [4.69, 9.17) is 13.9 Å². The predicted molar refractivity (Wildman–Crippen MR) is 123 cm³/mol. The van der Waals surface area contributed by atoms with Crippen LogP contribution in [0.4, 0.5) is 0 Å². The highest BCUT2D eigenvalue weighted by atomic mass is 16.5. The molecule has 0 radical (unpaired) electrons. The first-order chi connectivity index (χ1) is 16.0. The molecule has 4 rings (SSSR count). The summed E-state index contributed by atoms with van der Waals surface area (Å²) in [7, 11) is 0. The number of rotatable bonds is 9. The van der Waals surface area contributed by atoms with E-state index in [1.807, 2.05) is 56.3 Å². The van der Waals surface area contributed by atoms with Crippen molar-refractivity contribution in [3.8, 4) is 11.5 Å². The van der Waals surface area contributed by atoms with Crippen LogP contribution in [0, 0.1) is 0 Å². The lowest BCUT2D eigenvalue weighted by Crippen LogP contribution is -2.47.